The summed E-state index contributed by atoms with van der Waals surface area (Å²) in [5.74, 6) is 0.295. The van der Waals surface area contributed by atoms with Gasteiger partial charge in [-0.2, -0.15) is 18.3 Å². The molecule has 6 nitrogen and oxygen atoms in total. The van der Waals surface area contributed by atoms with Gasteiger partial charge in [0.1, 0.15) is 5.69 Å². The fourth-order valence-electron chi connectivity index (χ4n) is 5.81. The molecule has 3 aliphatic carbocycles. The molecule has 0 radical (unpaired) electrons. The maximum absolute atomic E-state index is 13.7. The Morgan fingerprint density at radius 2 is 1.82 bits per heavy atom. The van der Waals surface area contributed by atoms with Gasteiger partial charge in [0.25, 0.3) is 5.91 Å². The molecule has 0 N–H and O–H groups in total. The van der Waals surface area contributed by atoms with Crippen molar-refractivity contribution in [3.63, 3.8) is 0 Å². The molecule has 2 bridgehead atoms. The molecule has 3 atom stereocenters. The quantitative estimate of drug-likeness (QED) is 0.630. The average molecular weight is 479 g/mol. The molecule has 0 aromatic carbocycles. The summed E-state index contributed by atoms with van der Waals surface area (Å²) in [6.07, 6.45) is 1.99. The number of aromatic nitrogens is 2. The Bertz CT molecular complexity index is 1190. The average Bonchev–Trinajstić information content (AvgIpc) is 3.33. The van der Waals surface area contributed by atoms with Crippen molar-refractivity contribution in [2.24, 2.45) is 11.8 Å². The third-order valence-electron chi connectivity index (χ3n) is 7.57. The van der Waals surface area contributed by atoms with Gasteiger partial charge in [-0.1, -0.05) is 23.8 Å². The topological polar surface area (TPSA) is 57.9 Å². The van der Waals surface area contributed by atoms with Gasteiger partial charge >= 0.3 is 6.18 Å². The Kier molecular flexibility index (Phi) is 4.68. The number of rotatable bonds is 3. The monoisotopic (exact) mass is 478 g/mol. The van der Waals surface area contributed by atoms with Gasteiger partial charge in [0.05, 0.1) is 16.6 Å². The number of carbonyl (C=O) groups is 2. The number of Topliss-reactive ketones (excluding diaryl/α,β-unsaturated/α-hetero) is 1. The van der Waals surface area contributed by atoms with Crippen LogP contribution in [0.2, 0.25) is 5.02 Å². The summed E-state index contributed by atoms with van der Waals surface area (Å²) in [5.41, 5.74) is -0.582. The zero-order valence-corrected chi connectivity index (χ0v) is 18.4. The molecule has 2 aromatic rings. The van der Waals surface area contributed by atoms with E-state index in [1.54, 1.807) is 23.1 Å². The highest BCUT2D eigenvalue weighted by atomic mass is 35.5. The van der Waals surface area contributed by atoms with E-state index in [2.05, 4.69) is 10.00 Å². The van der Waals surface area contributed by atoms with Crippen LogP contribution in [0.4, 0.5) is 13.2 Å². The first-order chi connectivity index (χ1) is 15.7. The van der Waals surface area contributed by atoms with Crippen LogP contribution in [-0.4, -0.2) is 63.3 Å². The molecule has 1 saturated heterocycles. The molecule has 4 aliphatic rings. The molecule has 0 spiro atoms. The van der Waals surface area contributed by atoms with Crippen LogP contribution in [0.25, 0.3) is 5.52 Å². The van der Waals surface area contributed by atoms with Crippen molar-refractivity contribution < 1.29 is 22.8 Å². The van der Waals surface area contributed by atoms with Crippen molar-refractivity contribution in [3.8, 4) is 0 Å². The molecular weight excluding hydrogens is 457 g/mol. The summed E-state index contributed by atoms with van der Waals surface area (Å²) in [4.78, 5) is 29.5. The van der Waals surface area contributed by atoms with Crippen molar-refractivity contribution in [2.45, 2.75) is 37.4 Å². The Morgan fingerprint density at radius 1 is 1.09 bits per heavy atom. The van der Waals surface area contributed by atoms with Crippen molar-refractivity contribution in [2.75, 3.05) is 26.2 Å². The number of nitrogens with zero attached hydrogens (tertiary/aromatic N) is 4. The number of ketones is 1. The van der Waals surface area contributed by atoms with E-state index < -0.39 is 17.8 Å². The number of amides is 1. The van der Waals surface area contributed by atoms with Crippen LogP contribution in [0.5, 0.6) is 0 Å². The number of fused-ring (bicyclic) bond motifs is 3. The highest BCUT2D eigenvalue weighted by molar-refractivity contribution is 6.36. The van der Waals surface area contributed by atoms with Gasteiger partial charge in [-0.3, -0.25) is 14.5 Å². The zero-order valence-electron chi connectivity index (χ0n) is 17.7. The maximum atomic E-state index is 13.7. The first kappa shape index (κ1) is 21.2. The second-order valence-electron chi connectivity index (χ2n) is 9.49. The number of piperazine rings is 1. The Labute approximate surface area is 193 Å². The third kappa shape index (κ3) is 3.39. The SMILES string of the molecule is O=C1C(N2CCN(C(=O)c3nn4c(C(F)(F)F)cc(C5C=C5)cc4c3Cl)CC2)C2CC[C@H]1C2. The molecule has 6 rings (SSSR count). The van der Waals surface area contributed by atoms with E-state index in [1.807, 2.05) is 0 Å². The van der Waals surface area contributed by atoms with Crippen LogP contribution >= 0.6 is 11.6 Å². The van der Waals surface area contributed by atoms with E-state index >= 15 is 0 Å². The van der Waals surface area contributed by atoms with Gasteiger partial charge in [-0.05, 0) is 42.9 Å². The molecule has 3 heterocycles. The molecule has 174 valence electrons. The molecule has 3 fully saturated rings. The minimum Gasteiger partial charge on any atom is -0.335 e. The Balaban J connectivity index is 1.25. The first-order valence-electron chi connectivity index (χ1n) is 11.3. The van der Waals surface area contributed by atoms with E-state index in [4.69, 9.17) is 11.6 Å². The number of alkyl halides is 3. The van der Waals surface area contributed by atoms with Gasteiger partial charge < -0.3 is 4.90 Å². The fourth-order valence-corrected chi connectivity index (χ4v) is 6.07. The number of hydrogen-bond donors (Lipinski definition) is 0. The molecule has 33 heavy (non-hydrogen) atoms. The van der Waals surface area contributed by atoms with Crippen molar-refractivity contribution in [1.82, 2.24) is 19.4 Å². The van der Waals surface area contributed by atoms with Crippen molar-refractivity contribution in [3.05, 3.63) is 46.3 Å². The molecule has 2 aromatic heterocycles. The van der Waals surface area contributed by atoms with Gasteiger partial charge in [-0.15, -0.1) is 0 Å². The molecule has 2 saturated carbocycles. The highest BCUT2D eigenvalue weighted by Gasteiger charge is 2.49. The van der Waals surface area contributed by atoms with Crippen LogP contribution in [0, 0.1) is 11.8 Å². The molecule has 10 heteroatoms. The van der Waals surface area contributed by atoms with Crippen LogP contribution in [0.1, 0.15) is 46.9 Å². The van der Waals surface area contributed by atoms with E-state index in [0.29, 0.717) is 43.4 Å². The summed E-state index contributed by atoms with van der Waals surface area (Å²) >= 11 is 6.41. The predicted octanol–water partition coefficient (Wildman–Crippen LogP) is 3.79. The minimum absolute atomic E-state index is 0.0522. The van der Waals surface area contributed by atoms with Crippen LogP contribution in [0.3, 0.4) is 0 Å². The minimum atomic E-state index is -4.64. The van der Waals surface area contributed by atoms with Crippen molar-refractivity contribution in [1.29, 1.82) is 0 Å². The van der Waals surface area contributed by atoms with E-state index in [1.165, 1.54) is 0 Å². The summed E-state index contributed by atoms with van der Waals surface area (Å²) in [7, 11) is 0. The Morgan fingerprint density at radius 3 is 2.42 bits per heavy atom. The fraction of sp³-hybridized carbons (Fsp3) is 0.522. The number of allylic oxidation sites excluding steroid dienone is 2. The lowest BCUT2D eigenvalue weighted by molar-refractivity contribution is -0.142. The number of halogens is 4. The van der Waals surface area contributed by atoms with E-state index in [0.717, 1.165) is 29.8 Å². The molecule has 1 aliphatic heterocycles. The maximum Gasteiger partial charge on any atom is 0.433 e. The first-order valence-corrected chi connectivity index (χ1v) is 11.6. The lowest BCUT2D eigenvalue weighted by atomic mass is 9.92. The molecule has 2 unspecified atom stereocenters. The van der Waals surface area contributed by atoms with Gasteiger partial charge in [-0.25, -0.2) is 4.52 Å². The summed E-state index contributed by atoms with van der Waals surface area (Å²) in [5, 5.41) is 3.93. The smallest absolute Gasteiger partial charge is 0.335 e. The summed E-state index contributed by atoms with van der Waals surface area (Å²) < 4.78 is 41.9. The Hall–Kier alpha value is -2.39. The lowest BCUT2D eigenvalue weighted by Gasteiger charge is -2.40. The lowest BCUT2D eigenvalue weighted by Crippen LogP contribution is -2.55. The molecule has 1 amide bonds. The third-order valence-corrected chi connectivity index (χ3v) is 7.94. The number of hydrogen-bond acceptors (Lipinski definition) is 4. The highest BCUT2D eigenvalue weighted by Crippen LogP contribution is 2.44. The molecular formula is C23H22ClF3N4O2. The second-order valence-corrected chi connectivity index (χ2v) is 9.87. The second kappa shape index (κ2) is 7.30. The van der Waals surface area contributed by atoms with E-state index in [9.17, 15) is 22.8 Å². The number of carbonyl (C=O) groups excluding carboxylic acids is 2. The summed E-state index contributed by atoms with van der Waals surface area (Å²) in [6, 6.07) is 2.56. The number of pyridine rings is 1. The normalized spacial score (nSPS) is 27.8. The van der Waals surface area contributed by atoms with Crippen LogP contribution < -0.4 is 0 Å². The van der Waals surface area contributed by atoms with Crippen molar-refractivity contribution >= 4 is 28.8 Å². The predicted molar refractivity (Wildman–Crippen MR) is 114 cm³/mol. The van der Waals surface area contributed by atoms with Gasteiger partial charge in [0.15, 0.2) is 11.5 Å². The zero-order chi connectivity index (χ0) is 23.1. The van der Waals surface area contributed by atoms with Crippen LogP contribution in [0.15, 0.2) is 24.3 Å². The van der Waals surface area contributed by atoms with Crippen LogP contribution in [-0.2, 0) is 11.0 Å². The largest absolute Gasteiger partial charge is 0.433 e. The standard InChI is InChI=1S/C23H22ClF3N4O2/c24-18-16-10-15(12-1-2-12)11-17(23(25,26)27)31(16)28-19(18)22(33)30-7-5-29(6-8-30)20-13-3-4-14(9-13)21(20)32/h1-2,10-14,20H,3-9H2/t13?,14-,20?/m0/s1. The van der Waals surface area contributed by atoms with E-state index in [-0.39, 0.29) is 34.1 Å². The van der Waals surface area contributed by atoms with Gasteiger partial charge in [0.2, 0.25) is 0 Å². The summed E-state index contributed by atoms with van der Waals surface area (Å²) in [6.45, 7) is 1.88. The van der Waals surface area contributed by atoms with Gasteiger partial charge in [0, 0.05) is 38.0 Å².